The summed E-state index contributed by atoms with van der Waals surface area (Å²) in [5.41, 5.74) is 0.375. The van der Waals surface area contributed by atoms with Gasteiger partial charge in [-0.05, 0) is 12.1 Å². The van der Waals surface area contributed by atoms with E-state index in [0.29, 0.717) is 30.1 Å². The van der Waals surface area contributed by atoms with Crippen molar-refractivity contribution in [2.45, 2.75) is 12.8 Å². The van der Waals surface area contributed by atoms with E-state index in [1.165, 1.54) is 17.2 Å². The van der Waals surface area contributed by atoms with Crippen molar-refractivity contribution >= 4 is 5.91 Å². The molecule has 0 unspecified atom stereocenters. The molecule has 0 saturated carbocycles. The number of carbonyl (C=O) groups excluding carboxylic acids is 1. The lowest BCUT2D eigenvalue weighted by Gasteiger charge is -2.08. The Hall–Kier alpha value is -2.17. The van der Waals surface area contributed by atoms with Crippen LogP contribution in [0.5, 0.6) is 0 Å². The number of benzene rings is 1. The molecule has 5 heteroatoms. The number of aromatic nitrogens is 1. The number of rotatable bonds is 4. The van der Waals surface area contributed by atoms with Gasteiger partial charge < -0.3 is 9.32 Å². The third kappa shape index (κ3) is 3.19. The minimum Gasteiger partial charge on any atom is -0.441 e. The molecule has 0 radical (unpaired) electrons. The normalized spacial score (nSPS) is 10.5. The molecule has 0 aliphatic carbocycles. The van der Waals surface area contributed by atoms with Crippen LogP contribution in [-0.4, -0.2) is 29.9 Å². The van der Waals surface area contributed by atoms with Crippen molar-refractivity contribution in [2.24, 2.45) is 0 Å². The predicted molar refractivity (Wildman–Crippen MR) is 68.9 cm³/mol. The van der Waals surface area contributed by atoms with Gasteiger partial charge in [-0.3, -0.25) is 4.79 Å². The van der Waals surface area contributed by atoms with Gasteiger partial charge in [-0.1, -0.05) is 12.1 Å². The summed E-state index contributed by atoms with van der Waals surface area (Å²) in [6, 6.07) is 6.35. The lowest BCUT2D eigenvalue weighted by molar-refractivity contribution is -0.128. The second-order valence-electron chi connectivity index (χ2n) is 4.39. The van der Waals surface area contributed by atoms with Gasteiger partial charge in [0.25, 0.3) is 0 Å². The standard InChI is InChI=1S/C14H15FN2O2/c1-17(2)14(18)8-7-13-16-9-12(19-13)10-5-3-4-6-11(10)15/h3-6,9H,7-8H2,1-2H3. The van der Waals surface area contributed by atoms with Crippen LogP contribution in [0.4, 0.5) is 4.39 Å². The van der Waals surface area contributed by atoms with E-state index in [9.17, 15) is 9.18 Å². The van der Waals surface area contributed by atoms with Crippen LogP contribution in [0, 0.1) is 5.82 Å². The summed E-state index contributed by atoms with van der Waals surface area (Å²) < 4.78 is 19.0. The average Bonchev–Trinajstić information content (AvgIpc) is 2.85. The van der Waals surface area contributed by atoms with Crippen molar-refractivity contribution in [2.75, 3.05) is 14.1 Å². The zero-order chi connectivity index (χ0) is 13.8. The van der Waals surface area contributed by atoms with Crippen LogP contribution in [0.2, 0.25) is 0 Å². The minimum atomic E-state index is -0.352. The molecule has 100 valence electrons. The zero-order valence-electron chi connectivity index (χ0n) is 10.9. The smallest absolute Gasteiger partial charge is 0.222 e. The molecule has 0 N–H and O–H groups in total. The zero-order valence-corrected chi connectivity index (χ0v) is 10.9. The Morgan fingerprint density at radius 3 is 2.79 bits per heavy atom. The van der Waals surface area contributed by atoms with E-state index in [2.05, 4.69) is 4.98 Å². The van der Waals surface area contributed by atoms with E-state index in [1.807, 2.05) is 0 Å². The Kier molecular flexibility index (Phi) is 3.94. The van der Waals surface area contributed by atoms with Crippen LogP contribution in [0.3, 0.4) is 0 Å². The highest BCUT2D eigenvalue weighted by Gasteiger charge is 2.12. The molecule has 1 aromatic carbocycles. The molecule has 0 fully saturated rings. The first-order valence-electron chi connectivity index (χ1n) is 5.97. The Morgan fingerprint density at radius 2 is 2.11 bits per heavy atom. The summed E-state index contributed by atoms with van der Waals surface area (Å²) in [6.07, 6.45) is 2.21. The summed E-state index contributed by atoms with van der Waals surface area (Å²) in [6.45, 7) is 0. The van der Waals surface area contributed by atoms with Crippen molar-refractivity contribution in [3.05, 3.63) is 42.2 Å². The van der Waals surface area contributed by atoms with E-state index >= 15 is 0 Å². The van der Waals surface area contributed by atoms with E-state index in [4.69, 9.17) is 4.42 Å². The molecular formula is C14H15FN2O2. The maximum absolute atomic E-state index is 13.6. The predicted octanol–water partition coefficient (Wildman–Crippen LogP) is 2.50. The van der Waals surface area contributed by atoms with Gasteiger partial charge in [0, 0.05) is 26.9 Å². The molecule has 0 aliphatic heterocycles. The van der Waals surface area contributed by atoms with Gasteiger partial charge in [0.1, 0.15) is 5.82 Å². The Balaban J connectivity index is 2.08. The largest absolute Gasteiger partial charge is 0.441 e. The fourth-order valence-corrected chi connectivity index (χ4v) is 1.65. The van der Waals surface area contributed by atoms with Crippen LogP contribution in [0.1, 0.15) is 12.3 Å². The summed E-state index contributed by atoms with van der Waals surface area (Å²) >= 11 is 0. The van der Waals surface area contributed by atoms with Crippen LogP contribution < -0.4 is 0 Å². The number of aryl methyl sites for hydroxylation is 1. The van der Waals surface area contributed by atoms with E-state index < -0.39 is 0 Å². The highest BCUT2D eigenvalue weighted by atomic mass is 19.1. The maximum Gasteiger partial charge on any atom is 0.222 e. The SMILES string of the molecule is CN(C)C(=O)CCc1ncc(-c2ccccc2F)o1. The van der Waals surface area contributed by atoms with Gasteiger partial charge in [-0.15, -0.1) is 0 Å². The summed E-state index contributed by atoms with van der Waals surface area (Å²) in [7, 11) is 3.39. The van der Waals surface area contributed by atoms with Crippen LogP contribution >= 0.6 is 0 Å². The first kappa shape index (κ1) is 13.3. The molecule has 0 aliphatic rings. The number of hydrogen-bond donors (Lipinski definition) is 0. The van der Waals surface area contributed by atoms with Crippen LogP contribution in [0.25, 0.3) is 11.3 Å². The molecule has 0 bridgehead atoms. The van der Waals surface area contributed by atoms with Gasteiger partial charge in [-0.25, -0.2) is 9.37 Å². The van der Waals surface area contributed by atoms with Gasteiger partial charge in [0.05, 0.1) is 11.8 Å². The van der Waals surface area contributed by atoms with Gasteiger partial charge >= 0.3 is 0 Å². The molecule has 1 aromatic heterocycles. The summed E-state index contributed by atoms with van der Waals surface area (Å²) in [5.74, 6) is 0.471. The van der Waals surface area contributed by atoms with Gasteiger partial charge in [-0.2, -0.15) is 0 Å². The third-order valence-electron chi connectivity index (χ3n) is 2.74. The Morgan fingerprint density at radius 1 is 1.37 bits per heavy atom. The van der Waals surface area contributed by atoms with Crippen molar-refractivity contribution in [1.82, 2.24) is 9.88 Å². The number of oxazole rings is 1. The molecule has 19 heavy (non-hydrogen) atoms. The lowest BCUT2D eigenvalue weighted by Crippen LogP contribution is -2.21. The monoisotopic (exact) mass is 262 g/mol. The first-order valence-corrected chi connectivity index (χ1v) is 5.97. The first-order chi connectivity index (χ1) is 9.08. The molecule has 0 saturated heterocycles. The topological polar surface area (TPSA) is 46.3 Å². The fraction of sp³-hybridized carbons (Fsp3) is 0.286. The van der Waals surface area contributed by atoms with Crippen LogP contribution in [0.15, 0.2) is 34.9 Å². The molecule has 0 spiro atoms. The second kappa shape index (κ2) is 5.65. The Labute approximate surface area is 110 Å². The van der Waals surface area contributed by atoms with Crippen LogP contribution in [-0.2, 0) is 11.2 Å². The number of hydrogen-bond acceptors (Lipinski definition) is 3. The van der Waals surface area contributed by atoms with E-state index in [0.717, 1.165) is 0 Å². The highest BCUT2D eigenvalue weighted by molar-refractivity contribution is 5.75. The molecule has 2 rings (SSSR count). The average molecular weight is 262 g/mol. The molecule has 1 amide bonds. The van der Waals surface area contributed by atoms with Crippen molar-refractivity contribution in [1.29, 1.82) is 0 Å². The minimum absolute atomic E-state index is 0.00522. The van der Waals surface area contributed by atoms with E-state index in [-0.39, 0.29) is 11.7 Å². The third-order valence-corrected chi connectivity index (χ3v) is 2.74. The quantitative estimate of drug-likeness (QED) is 0.850. The van der Waals surface area contributed by atoms with E-state index in [1.54, 1.807) is 32.3 Å². The number of carbonyl (C=O) groups is 1. The van der Waals surface area contributed by atoms with Crippen molar-refractivity contribution < 1.29 is 13.6 Å². The van der Waals surface area contributed by atoms with Crippen molar-refractivity contribution in [3.8, 4) is 11.3 Å². The van der Waals surface area contributed by atoms with Crippen molar-refractivity contribution in [3.63, 3.8) is 0 Å². The molecule has 4 nitrogen and oxygen atoms in total. The molecular weight excluding hydrogens is 247 g/mol. The second-order valence-corrected chi connectivity index (χ2v) is 4.39. The molecule has 0 atom stereocenters. The lowest BCUT2D eigenvalue weighted by atomic mass is 10.2. The fourth-order valence-electron chi connectivity index (χ4n) is 1.65. The molecule has 1 heterocycles. The summed E-state index contributed by atoms with van der Waals surface area (Å²) in [5, 5.41) is 0. The number of nitrogens with zero attached hydrogens (tertiary/aromatic N) is 2. The highest BCUT2D eigenvalue weighted by Crippen LogP contribution is 2.23. The maximum atomic E-state index is 13.6. The number of amides is 1. The molecule has 2 aromatic rings. The van der Waals surface area contributed by atoms with Gasteiger partial charge in [0.15, 0.2) is 11.7 Å². The number of halogens is 1. The summed E-state index contributed by atoms with van der Waals surface area (Å²) in [4.78, 5) is 17.0. The van der Waals surface area contributed by atoms with Gasteiger partial charge in [0.2, 0.25) is 5.91 Å². The Bertz CT molecular complexity index is 578.